The molecular weight excluding hydrogens is 234 g/mol. The number of hydrogen-bond donors (Lipinski definition) is 1. The van der Waals surface area contributed by atoms with E-state index >= 15 is 0 Å². The fourth-order valence-corrected chi connectivity index (χ4v) is 2.36. The van der Waals surface area contributed by atoms with E-state index in [0.29, 0.717) is 0 Å². The van der Waals surface area contributed by atoms with Crippen LogP contribution < -0.4 is 5.32 Å². The van der Waals surface area contributed by atoms with E-state index in [2.05, 4.69) is 47.8 Å². The molecule has 0 aliphatic carbocycles. The molecular formula is C17H17NO. The predicted molar refractivity (Wildman–Crippen MR) is 78.1 cm³/mol. The number of hydrogen-bond acceptors (Lipinski definition) is 2. The molecule has 2 nitrogen and oxygen atoms in total. The maximum Gasteiger partial charge on any atom is 0.117 e. The monoisotopic (exact) mass is 251 g/mol. The van der Waals surface area contributed by atoms with Crippen LogP contribution in [0.15, 0.2) is 65.3 Å². The highest BCUT2D eigenvalue weighted by atomic mass is 16.3. The van der Waals surface area contributed by atoms with Gasteiger partial charge in [-0.05, 0) is 41.4 Å². The smallest absolute Gasteiger partial charge is 0.117 e. The SMILES string of the molecule is c1coc(CNCCc2cccc3ccccc23)c1. The average molecular weight is 251 g/mol. The van der Waals surface area contributed by atoms with Gasteiger partial charge in [0, 0.05) is 0 Å². The van der Waals surface area contributed by atoms with Crippen molar-refractivity contribution in [2.75, 3.05) is 6.54 Å². The van der Waals surface area contributed by atoms with Crippen molar-refractivity contribution in [1.82, 2.24) is 5.32 Å². The van der Waals surface area contributed by atoms with E-state index in [0.717, 1.165) is 25.3 Å². The van der Waals surface area contributed by atoms with E-state index < -0.39 is 0 Å². The van der Waals surface area contributed by atoms with Gasteiger partial charge in [-0.3, -0.25) is 0 Å². The molecule has 1 N–H and O–H groups in total. The molecule has 0 amide bonds. The summed E-state index contributed by atoms with van der Waals surface area (Å²) in [6.07, 6.45) is 2.74. The molecule has 0 unspecified atom stereocenters. The third kappa shape index (κ3) is 2.85. The second kappa shape index (κ2) is 5.72. The van der Waals surface area contributed by atoms with Crippen LogP contribution in [0.5, 0.6) is 0 Å². The van der Waals surface area contributed by atoms with Crippen LogP contribution >= 0.6 is 0 Å². The summed E-state index contributed by atoms with van der Waals surface area (Å²) in [7, 11) is 0. The zero-order chi connectivity index (χ0) is 12.9. The second-order valence-corrected chi connectivity index (χ2v) is 4.64. The van der Waals surface area contributed by atoms with Crippen molar-refractivity contribution in [2.45, 2.75) is 13.0 Å². The first-order valence-electron chi connectivity index (χ1n) is 6.63. The van der Waals surface area contributed by atoms with Crippen LogP contribution in [0, 0.1) is 0 Å². The zero-order valence-corrected chi connectivity index (χ0v) is 10.8. The van der Waals surface area contributed by atoms with Crippen molar-refractivity contribution in [1.29, 1.82) is 0 Å². The van der Waals surface area contributed by atoms with Crippen molar-refractivity contribution >= 4 is 10.8 Å². The molecule has 96 valence electrons. The van der Waals surface area contributed by atoms with Gasteiger partial charge in [0.05, 0.1) is 12.8 Å². The average Bonchev–Trinajstić information content (AvgIpc) is 2.97. The van der Waals surface area contributed by atoms with Crippen LogP contribution in [0.25, 0.3) is 10.8 Å². The van der Waals surface area contributed by atoms with Gasteiger partial charge in [-0.2, -0.15) is 0 Å². The van der Waals surface area contributed by atoms with Crippen molar-refractivity contribution < 1.29 is 4.42 Å². The molecule has 3 rings (SSSR count). The number of benzene rings is 2. The molecule has 0 aliphatic rings. The Morgan fingerprint density at radius 2 is 1.79 bits per heavy atom. The largest absolute Gasteiger partial charge is 0.468 e. The molecule has 2 heteroatoms. The van der Waals surface area contributed by atoms with Crippen molar-refractivity contribution in [3.8, 4) is 0 Å². The third-order valence-electron chi connectivity index (χ3n) is 3.33. The predicted octanol–water partition coefficient (Wildman–Crippen LogP) is 3.77. The quantitative estimate of drug-likeness (QED) is 0.698. The molecule has 0 radical (unpaired) electrons. The van der Waals surface area contributed by atoms with Gasteiger partial charge in [0.25, 0.3) is 0 Å². The second-order valence-electron chi connectivity index (χ2n) is 4.64. The minimum absolute atomic E-state index is 0.789. The van der Waals surface area contributed by atoms with E-state index in [1.165, 1.54) is 16.3 Å². The minimum atomic E-state index is 0.789. The Bertz CT molecular complexity index is 638. The Labute approximate surface area is 113 Å². The molecule has 0 atom stereocenters. The summed E-state index contributed by atoms with van der Waals surface area (Å²) in [5, 5.41) is 6.07. The molecule has 0 saturated carbocycles. The van der Waals surface area contributed by atoms with Gasteiger partial charge >= 0.3 is 0 Å². The number of nitrogens with one attached hydrogen (secondary N) is 1. The fraction of sp³-hybridized carbons (Fsp3) is 0.176. The van der Waals surface area contributed by atoms with E-state index in [4.69, 9.17) is 4.42 Å². The lowest BCUT2D eigenvalue weighted by atomic mass is 10.0. The van der Waals surface area contributed by atoms with Gasteiger partial charge in [0.15, 0.2) is 0 Å². The normalized spacial score (nSPS) is 10.9. The van der Waals surface area contributed by atoms with E-state index in [-0.39, 0.29) is 0 Å². The van der Waals surface area contributed by atoms with E-state index in [1.54, 1.807) is 6.26 Å². The number of rotatable bonds is 5. The Morgan fingerprint density at radius 1 is 0.895 bits per heavy atom. The van der Waals surface area contributed by atoms with Gasteiger partial charge in [-0.15, -0.1) is 0 Å². The summed E-state index contributed by atoms with van der Waals surface area (Å²) in [5.41, 5.74) is 1.39. The zero-order valence-electron chi connectivity index (χ0n) is 10.8. The number of fused-ring (bicyclic) bond motifs is 1. The van der Waals surface area contributed by atoms with Crippen molar-refractivity contribution in [2.24, 2.45) is 0 Å². The first-order valence-corrected chi connectivity index (χ1v) is 6.63. The molecule has 0 spiro atoms. The van der Waals surface area contributed by atoms with E-state index in [1.807, 2.05) is 12.1 Å². The molecule has 19 heavy (non-hydrogen) atoms. The Hall–Kier alpha value is -2.06. The highest BCUT2D eigenvalue weighted by Gasteiger charge is 2.00. The summed E-state index contributed by atoms with van der Waals surface area (Å²) < 4.78 is 5.29. The summed E-state index contributed by atoms with van der Waals surface area (Å²) in [4.78, 5) is 0. The van der Waals surface area contributed by atoms with Crippen LogP contribution in [0.1, 0.15) is 11.3 Å². The molecule has 0 bridgehead atoms. The molecule has 0 fully saturated rings. The lowest BCUT2D eigenvalue weighted by Gasteiger charge is -2.07. The van der Waals surface area contributed by atoms with Crippen molar-refractivity contribution in [3.63, 3.8) is 0 Å². The highest BCUT2D eigenvalue weighted by Crippen LogP contribution is 2.18. The Kier molecular flexibility index (Phi) is 3.61. The van der Waals surface area contributed by atoms with Crippen LogP contribution in [-0.2, 0) is 13.0 Å². The lowest BCUT2D eigenvalue weighted by Crippen LogP contribution is -2.16. The van der Waals surface area contributed by atoms with Crippen molar-refractivity contribution in [3.05, 3.63) is 72.2 Å². The van der Waals surface area contributed by atoms with Gasteiger partial charge in [0.1, 0.15) is 5.76 Å². The number of furan rings is 1. The maximum atomic E-state index is 5.29. The highest BCUT2D eigenvalue weighted by molar-refractivity contribution is 5.85. The van der Waals surface area contributed by atoms with Crippen LogP contribution in [0.2, 0.25) is 0 Å². The Morgan fingerprint density at radius 3 is 2.68 bits per heavy atom. The van der Waals surface area contributed by atoms with Gasteiger partial charge in [-0.25, -0.2) is 0 Å². The molecule has 1 heterocycles. The summed E-state index contributed by atoms with van der Waals surface area (Å²) in [6.45, 7) is 1.74. The molecule has 3 aromatic rings. The van der Waals surface area contributed by atoms with Crippen LogP contribution in [-0.4, -0.2) is 6.54 Å². The Balaban J connectivity index is 1.62. The first kappa shape index (κ1) is 12.0. The topological polar surface area (TPSA) is 25.2 Å². The van der Waals surface area contributed by atoms with E-state index in [9.17, 15) is 0 Å². The van der Waals surface area contributed by atoms with Crippen LogP contribution in [0.4, 0.5) is 0 Å². The van der Waals surface area contributed by atoms with Crippen LogP contribution in [0.3, 0.4) is 0 Å². The third-order valence-corrected chi connectivity index (χ3v) is 3.33. The minimum Gasteiger partial charge on any atom is -0.468 e. The lowest BCUT2D eigenvalue weighted by molar-refractivity contribution is 0.484. The van der Waals surface area contributed by atoms with Gasteiger partial charge in [-0.1, -0.05) is 42.5 Å². The maximum absolute atomic E-state index is 5.29. The summed E-state index contributed by atoms with van der Waals surface area (Å²) in [6, 6.07) is 18.9. The van der Waals surface area contributed by atoms with Gasteiger partial charge < -0.3 is 9.73 Å². The summed E-state index contributed by atoms with van der Waals surface area (Å²) >= 11 is 0. The molecule has 0 aliphatic heterocycles. The molecule has 2 aromatic carbocycles. The fourth-order valence-electron chi connectivity index (χ4n) is 2.36. The molecule has 1 aromatic heterocycles. The first-order chi connectivity index (χ1) is 9.43. The standard InChI is InChI=1S/C17H17NO/c1-2-9-17-14(5-1)6-3-7-15(17)10-11-18-13-16-8-4-12-19-16/h1-9,12,18H,10-11,13H2. The van der Waals surface area contributed by atoms with Gasteiger partial charge in [0.2, 0.25) is 0 Å². The summed E-state index contributed by atoms with van der Waals surface area (Å²) in [5.74, 6) is 0.984. The molecule has 0 saturated heterocycles.